The van der Waals surface area contributed by atoms with Crippen molar-refractivity contribution < 1.29 is 0 Å². The third-order valence-corrected chi connectivity index (χ3v) is 12.2. The number of nitriles is 1. The molecular weight excluding hydrogens is 701 g/mol. The van der Waals surface area contributed by atoms with Crippen molar-refractivity contribution in [2.75, 3.05) is 0 Å². The molecule has 2 heteroatoms. The lowest BCUT2D eigenvalue weighted by Crippen LogP contribution is -1.94. The van der Waals surface area contributed by atoms with Crippen molar-refractivity contribution in [1.29, 1.82) is 5.26 Å². The van der Waals surface area contributed by atoms with E-state index in [0.29, 0.717) is 5.56 Å². The Morgan fingerprint density at radius 1 is 0.293 bits per heavy atom. The molecule has 11 aromatic carbocycles. The third-order valence-electron chi connectivity index (χ3n) is 12.2. The van der Waals surface area contributed by atoms with Gasteiger partial charge in [0, 0.05) is 16.3 Å². The van der Waals surface area contributed by atoms with E-state index >= 15 is 0 Å². The molecule has 0 N–H and O–H groups in total. The second-order valence-corrected chi connectivity index (χ2v) is 15.3. The van der Waals surface area contributed by atoms with Gasteiger partial charge in [-0.1, -0.05) is 158 Å². The maximum atomic E-state index is 9.59. The van der Waals surface area contributed by atoms with Crippen LogP contribution in [0.4, 0.5) is 0 Å². The Hall–Kier alpha value is -7.86. The van der Waals surface area contributed by atoms with Gasteiger partial charge in [0.25, 0.3) is 0 Å². The highest BCUT2D eigenvalue weighted by molar-refractivity contribution is 6.28. The van der Waals surface area contributed by atoms with Crippen LogP contribution in [0.3, 0.4) is 0 Å². The molecule has 0 atom stereocenters. The molecule has 0 aliphatic carbocycles. The minimum Gasteiger partial charge on any atom is -0.247 e. The highest BCUT2D eigenvalue weighted by Gasteiger charge is 2.18. The Morgan fingerprint density at radius 3 is 1.10 bits per heavy atom. The lowest BCUT2D eigenvalue weighted by Gasteiger charge is -2.17. The fraction of sp³-hybridized carbons (Fsp3) is 0. The fourth-order valence-electron chi connectivity index (χ4n) is 9.54. The van der Waals surface area contributed by atoms with Crippen molar-refractivity contribution in [3.8, 4) is 39.6 Å². The maximum absolute atomic E-state index is 9.59. The summed E-state index contributed by atoms with van der Waals surface area (Å²) < 4.78 is 0. The van der Waals surface area contributed by atoms with Gasteiger partial charge in [0.2, 0.25) is 0 Å². The predicted molar refractivity (Wildman–Crippen MR) is 245 cm³/mol. The van der Waals surface area contributed by atoms with Crippen LogP contribution in [0.1, 0.15) is 5.56 Å². The molecule has 0 spiro atoms. The molecule has 12 rings (SSSR count). The summed E-state index contributed by atoms with van der Waals surface area (Å²) in [5.74, 6) is 0. The second-order valence-electron chi connectivity index (χ2n) is 15.3. The van der Waals surface area contributed by atoms with Crippen LogP contribution in [0.2, 0.25) is 0 Å². The molecule has 2 nitrogen and oxygen atoms in total. The number of fused-ring (bicyclic) bond motifs is 15. The number of hydrogen-bond acceptors (Lipinski definition) is 2. The Bertz CT molecular complexity index is 3670. The Labute approximate surface area is 334 Å². The Morgan fingerprint density at radius 2 is 0.655 bits per heavy atom. The Balaban J connectivity index is 1.18. The molecule has 58 heavy (non-hydrogen) atoms. The number of benzene rings is 11. The van der Waals surface area contributed by atoms with E-state index in [1.807, 2.05) is 24.3 Å². The van der Waals surface area contributed by atoms with Crippen LogP contribution in [0.25, 0.3) is 120 Å². The molecule has 0 unspecified atom stereocenters. The lowest BCUT2D eigenvalue weighted by molar-refractivity contribution is 1.40. The molecule has 266 valence electrons. The van der Waals surface area contributed by atoms with E-state index in [1.165, 1.54) is 75.8 Å². The first-order valence-corrected chi connectivity index (χ1v) is 19.8. The van der Waals surface area contributed by atoms with Crippen molar-refractivity contribution >= 4 is 86.3 Å². The van der Waals surface area contributed by atoms with Gasteiger partial charge in [-0.25, -0.2) is 4.98 Å². The van der Waals surface area contributed by atoms with E-state index < -0.39 is 0 Å². The quantitative estimate of drug-likeness (QED) is 0.170. The van der Waals surface area contributed by atoms with Crippen molar-refractivity contribution in [3.05, 3.63) is 200 Å². The van der Waals surface area contributed by atoms with Gasteiger partial charge >= 0.3 is 0 Å². The molecule has 0 fully saturated rings. The molecule has 0 radical (unpaired) electrons. The summed E-state index contributed by atoms with van der Waals surface area (Å²) in [7, 11) is 0. The molecular formula is C56H32N2. The van der Waals surface area contributed by atoms with Gasteiger partial charge in [0.15, 0.2) is 0 Å². The summed E-state index contributed by atoms with van der Waals surface area (Å²) in [5.41, 5.74) is 8.03. The molecule has 0 aliphatic rings. The largest absolute Gasteiger partial charge is 0.247 e. The average Bonchev–Trinajstić information content (AvgIpc) is 3.31. The summed E-state index contributed by atoms with van der Waals surface area (Å²) in [5, 5.41) is 28.0. The zero-order valence-electron chi connectivity index (χ0n) is 31.4. The normalized spacial score (nSPS) is 11.8. The molecule has 1 aromatic heterocycles. The van der Waals surface area contributed by atoms with E-state index in [-0.39, 0.29) is 0 Å². The maximum Gasteiger partial charge on any atom is 0.0991 e. The summed E-state index contributed by atoms with van der Waals surface area (Å²) in [4.78, 5) is 5.45. The van der Waals surface area contributed by atoms with Crippen LogP contribution in [0.15, 0.2) is 194 Å². The smallest absolute Gasteiger partial charge is 0.0991 e. The molecule has 0 saturated heterocycles. The van der Waals surface area contributed by atoms with Gasteiger partial charge in [-0.05, 0) is 129 Å². The monoisotopic (exact) mass is 732 g/mol. The van der Waals surface area contributed by atoms with Gasteiger partial charge in [0.1, 0.15) is 0 Å². The highest BCUT2D eigenvalue weighted by Crippen LogP contribution is 2.44. The summed E-state index contributed by atoms with van der Waals surface area (Å²) in [6.45, 7) is 0. The number of hydrogen-bond donors (Lipinski definition) is 0. The first-order valence-electron chi connectivity index (χ1n) is 19.8. The van der Waals surface area contributed by atoms with Gasteiger partial charge in [-0.3, -0.25) is 0 Å². The zero-order valence-corrected chi connectivity index (χ0v) is 31.4. The number of aromatic nitrogens is 1. The average molecular weight is 733 g/mol. The van der Waals surface area contributed by atoms with E-state index in [2.05, 4.69) is 176 Å². The summed E-state index contributed by atoms with van der Waals surface area (Å²) in [6.07, 6.45) is 0. The minimum atomic E-state index is 0.629. The zero-order chi connectivity index (χ0) is 38.3. The van der Waals surface area contributed by atoms with Crippen LogP contribution in [-0.4, -0.2) is 4.98 Å². The standard InChI is InChI=1S/C56H32N2/c57-33-34-21-23-35(24-22-34)55-32-51(37-26-28-48-43-16-4-2-12-39(43)41-14-6-8-18-45(41)53(48)30-37)54-31-50(46-19-9-10-20-49(46)56(54)58-55)36-25-27-47-42-15-3-1-11-38(42)40-13-5-7-17-44(40)52(47)29-36/h1-32H. The third kappa shape index (κ3) is 4.81. The minimum absolute atomic E-state index is 0.629. The summed E-state index contributed by atoms with van der Waals surface area (Å²) in [6, 6.07) is 72.3. The molecule has 0 saturated carbocycles. The van der Waals surface area contributed by atoms with Gasteiger partial charge in [-0.2, -0.15) is 5.26 Å². The van der Waals surface area contributed by atoms with Crippen molar-refractivity contribution in [2.24, 2.45) is 0 Å². The Kier molecular flexibility index (Phi) is 7.03. The van der Waals surface area contributed by atoms with Crippen LogP contribution < -0.4 is 0 Å². The molecule has 12 aromatic rings. The van der Waals surface area contributed by atoms with E-state index in [0.717, 1.165) is 44.1 Å². The molecule has 1 heterocycles. The van der Waals surface area contributed by atoms with Crippen LogP contribution in [-0.2, 0) is 0 Å². The predicted octanol–water partition coefficient (Wildman–Crippen LogP) is 15.2. The van der Waals surface area contributed by atoms with Crippen molar-refractivity contribution in [2.45, 2.75) is 0 Å². The second kappa shape index (κ2) is 12.6. The highest BCUT2D eigenvalue weighted by atomic mass is 14.7. The SMILES string of the molecule is N#Cc1ccc(-c2cc(-c3ccc4c5ccccc5c5ccccc5c4c3)c3cc(-c4ccc5c6ccccc6c6ccccc6c5c4)c4ccccc4c3n2)cc1. The number of pyridine rings is 1. The van der Waals surface area contributed by atoms with Crippen LogP contribution in [0.5, 0.6) is 0 Å². The van der Waals surface area contributed by atoms with Crippen molar-refractivity contribution in [3.63, 3.8) is 0 Å². The fourth-order valence-corrected chi connectivity index (χ4v) is 9.54. The summed E-state index contributed by atoms with van der Waals surface area (Å²) >= 11 is 0. The number of rotatable bonds is 3. The van der Waals surface area contributed by atoms with Crippen molar-refractivity contribution in [1.82, 2.24) is 4.98 Å². The molecule has 0 bridgehead atoms. The topological polar surface area (TPSA) is 36.7 Å². The van der Waals surface area contributed by atoms with Crippen LogP contribution >= 0.6 is 0 Å². The molecule has 0 aliphatic heterocycles. The van der Waals surface area contributed by atoms with E-state index in [9.17, 15) is 5.26 Å². The molecule has 0 amide bonds. The number of nitrogens with zero attached hydrogens (tertiary/aromatic N) is 2. The van der Waals surface area contributed by atoms with Gasteiger partial charge in [0.05, 0.1) is 22.8 Å². The van der Waals surface area contributed by atoms with Gasteiger partial charge < -0.3 is 0 Å². The van der Waals surface area contributed by atoms with Gasteiger partial charge in [-0.15, -0.1) is 0 Å². The van der Waals surface area contributed by atoms with E-state index in [1.54, 1.807) is 0 Å². The lowest BCUT2D eigenvalue weighted by atomic mass is 9.88. The van der Waals surface area contributed by atoms with Crippen LogP contribution in [0, 0.1) is 11.3 Å². The first kappa shape index (κ1) is 32.4. The first-order chi connectivity index (χ1) is 28.7. The van der Waals surface area contributed by atoms with E-state index in [4.69, 9.17) is 4.98 Å².